The summed E-state index contributed by atoms with van der Waals surface area (Å²) >= 11 is 0. The van der Waals surface area contributed by atoms with Gasteiger partial charge in [0.15, 0.2) is 0 Å². The number of ether oxygens (including phenoxy) is 1. The summed E-state index contributed by atoms with van der Waals surface area (Å²) in [6.07, 6.45) is 2.16. The van der Waals surface area contributed by atoms with Crippen LogP contribution < -0.4 is 4.90 Å². The lowest BCUT2D eigenvalue weighted by Gasteiger charge is -2.28. The molecule has 0 saturated heterocycles. The van der Waals surface area contributed by atoms with Crippen molar-refractivity contribution in [2.75, 3.05) is 24.6 Å². The molecule has 1 heterocycles. The first kappa shape index (κ1) is 19.7. The Morgan fingerprint density at radius 2 is 1.65 bits per heavy atom. The molecule has 1 N–H and O–H groups in total. The minimum atomic E-state index is -1.72. The molecule has 0 fully saturated rings. The molecule has 31 heavy (non-hydrogen) atoms. The summed E-state index contributed by atoms with van der Waals surface area (Å²) in [6.45, 7) is 1.88. The number of rotatable bonds is 11. The molecule has 0 atom stereocenters. The highest BCUT2D eigenvalue weighted by molar-refractivity contribution is 5.78. The van der Waals surface area contributed by atoms with Crippen molar-refractivity contribution >= 4 is 11.8 Å². The summed E-state index contributed by atoms with van der Waals surface area (Å²) in [5, 5.41) is 8.68. The topological polar surface area (TPSA) is 75.6 Å². The molecule has 1 aromatic heterocycles. The Hall–Kier alpha value is -3.25. The number of hydrogen-bond acceptors (Lipinski definition) is 5. The number of carboxylic acids is 1. The van der Waals surface area contributed by atoms with Crippen molar-refractivity contribution in [1.29, 1.82) is 0 Å². The summed E-state index contributed by atoms with van der Waals surface area (Å²) in [5.41, 5.74) is 3.25. The van der Waals surface area contributed by atoms with Gasteiger partial charge in [0, 0.05) is 33.0 Å². The molecule has 0 amide bonds. The standard InChI is InChI=1S/C25H29N3O3/c1-19(2)28(15-9-10-16-31-18-23(29)30)22-17-26-24(20-11-5-3-6-12-20)25(27-22)21-13-7-4-8-14-21/h3-8,11-14,17,19H,9-10,15-16,18H2,1-2H3,(H,29,30)/i15D2. The Labute approximate surface area is 186 Å². The number of nitrogens with zero attached hydrogens (tertiary/aromatic N) is 3. The third kappa shape index (κ3) is 6.36. The summed E-state index contributed by atoms with van der Waals surface area (Å²) < 4.78 is 22.5. The predicted molar refractivity (Wildman–Crippen MR) is 123 cm³/mol. The predicted octanol–water partition coefficient (Wildman–Crippen LogP) is 4.91. The summed E-state index contributed by atoms with van der Waals surface area (Å²) in [5.74, 6) is -0.593. The number of anilines is 1. The summed E-state index contributed by atoms with van der Waals surface area (Å²) in [4.78, 5) is 21.8. The highest BCUT2D eigenvalue weighted by atomic mass is 16.5. The van der Waals surface area contributed by atoms with Gasteiger partial charge in [-0.05, 0) is 26.7 Å². The first-order valence-electron chi connectivity index (χ1n) is 11.4. The lowest BCUT2D eigenvalue weighted by molar-refractivity contribution is -0.142. The zero-order chi connectivity index (χ0) is 23.8. The Bertz CT molecular complexity index is 1050. The Morgan fingerprint density at radius 1 is 1.03 bits per heavy atom. The largest absolute Gasteiger partial charge is 0.480 e. The second kappa shape index (κ2) is 11.2. The number of carbonyl (C=O) groups is 1. The maximum Gasteiger partial charge on any atom is 0.329 e. The molecule has 3 rings (SSSR count). The van der Waals surface area contributed by atoms with E-state index in [2.05, 4.69) is 0 Å². The van der Waals surface area contributed by atoms with Crippen molar-refractivity contribution in [1.82, 2.24) is 9.97 Å². The molecular formula is C25H29N3O3. The summed E-state index contributed by atoms with van der Waals surface area (Å²) in [6, 6.07) is 19.4. The van der Waals surface area contributed by atoms with Crippen LogP contribution in [0.2, 0.25) is 0 Å². The maximum atomic E-state index is 10.6. The SMILES string of the molecule is [2H]C([2H])(CCCOCC(=O)O)N(c1cnc(-c2ccccc2)c(-c2ccccc2)n1)C(C)C. The maximum absolute atomic E-state index is 10.6. The first-order chi connectivity index (χ1) is 15.8. The number of aliphatic carboxylic acids is 1. The van der Waals surface area contributed by atoms with Gasteiger partial charge in [-0.3, -0.25) is 4.98 Å². The van der Waals surface area contributed by atoms with E-state index in [1.54, 1.807) is 11.1 Å². The van der Waals surface area contributed by atoms with Crippen molar-refractivity contribution in [3.63, 3.8) is 0 Å². The Kier molecular flexibility index (Phi) is 7.13. The zero-order valence-corrected chi connectivity index (χ0v) is 17.9. The molecule has 0 radical (unpaired) electrons. The van der Waals surface area contributed by atoms with Crippen LogP contribution >= 0.6 is 0 Å². The Morgan fingerprint density at radius 3 is 2.23 bits per heavy atom. The van der Waals surface area contributed by atoms with Crippen LogP contribution in [0.5, 0.6) is 0 Å². The fraction of sp³-hybridized carbons (Fsp3) is 0.320. The van der Waals surface area contributed by atoms with Gasteiger partial charge in [0.2, 0.25) is 0 Å². The second-order valence-electron chi connectivity index (χ2n) is 7.33. The van der Waals surface area contributed by atoms with Gasteiger partial charge in [-0.2, -0.15) is 0 Å². The highest BCUT2D eigenvalue weighted by Gasteiger charge is 2.17. The molecule has 0 bridgehead atoms. The fourth-order valence-corrected chi connectivity index (χ4v) is 3.16. The molecule has 2 aromatic carbocycles. The van der Waals surface area contributed by atoms with Gasteiger partial charge in [0.1, 0.15) is 12.4 Å². The van der Waals surface area contributed by atoms with Crippen molar-refractivity contribution in [2.24, 2.45) is 0 Å². The second-order valence-corrected chi connectivity index (χ2v) is 7.33. The lowest BCUT2D eigenvalue weighted by atomic mass is 10.0. The van der Waals surface area contributed by atoms with Crippen molar-refractivity contribution < 1.29 is 17.4 Å². The van der Waals surface area contributed by atoms with E-state index < -0.39 is 12.5 Å². The van der Waals surface area contributed by atoms with E-state index in [0.29, 0.717) is 17.9 Å². The van der Waals surface area contributed by atoms with Gasteiger partial charge in [-0.25, -0.2) is 9.78 Å². The van der Waals surface area contributed by atoms with Gasteiger partial charge >= 0.3 is 5.97 Å². The molecule has 162 valence electrons. The van der Waals surface area contributed by atoms with E-state index in [1.807, 2.05) is 74.5 Å². The molecule has 0 saturated carbocycles. The summed E-state index contributed by atoms with van der Waals surface area (Å²) in [7, 11) is 0. The van der Waals surface area contributed by atoms with Gasteiger partial charge in [0.25, 0.3) is 0 Å². The van der Waals surface area contributed by atoms with Crippen LogP contribution in [0, 0.1) is 0 Å². The Balaban J connectivity index is 1.94. The lowest BCUT2D eigenvalue weighted by Crippen LogP contribution is -2.33. The van der Waals surface area contributed by atoms with Crippen LogP contribution in [0.15, 0.2) is 66.9 Å². The smallest absolute Gasteiger partial charge is 0.329 e. The van der Waals surface area contributed by atoms with Crippen LogP contribution in [-0.4, -0.2) is 46.8 Å². The average Bonchev–Trinajstić information content (AvgIpc) is 2.79. The van der Waals surface area contributed by atoms with Gasteiger partial charge in [0.05, 0.1) is 17.6 Å². The quantitative estimate of drug-likeness (QED) is 0.444. The van der Waals surface area contributed by atoms with Gasteiger partial charge in [-0.1, -0.05) is 60.7 Å². The van der Waals surface area contributed by atoms with Crippen LogP contribution in [0.3, 0.4) is 0 Å². The molecule has 3 aromatic rings. The van der Waals surface area contributed by atoms with Crippen molar-refractivity contribution in [3.8, 4) is 22.5 Å². The third-order valence-corrected chi connectivity index (χ3v) is 4.59. The van der Waals surface area contributed by atoms with E-state index in [1.165, 1.54) is 0 Å². The molecule has 6 nitrogen and oxygen atoms in total. The first-order valence-corrected chi connectivity index (χ1v) is 10.4. The molecule has 0 unspecified atom stereocenters. The molecule has 6 heteroatoms. The zero-order valence-electron chi connectivity index (χ0n) is 19.9. The minimum absolute atomic E-state index is 0.160. The normalized spacial score (nSPS) is 12.4. The monoisotopic (exact) mass is 421 g/mol. The van der Waals surface area contributed by atoms with E-state index in [4.69, 9.17) is 22.6 Å². The third-order valence-electron chi connectivity index (χ3n) is 4.59. The molecule has 0 spiro atoms. The van der Waals surface area contributed by atoms with Gasteiger partial charge < -0.3 is 14.7 Å². The van der Waals surface area contributed by atoms with Crippen LogP contribution in [0.4, 0.5) is 5.82 Å². The average molecular weight is 422 g/mol. The number of hydrogen-bond donors (Lipinski definition) is 1. The van der Waals surface area contributed by atoms with E-state index in [-0.39, 0.29) is 25.7 Å². The minimum Gasteiger partial charge on any atom is -0.480 e. The van der Waals surface area contributed by atoms with Gasteiger partial charge in [-0.15, -0.1) is 0 Å². The van der Waals surface area contributed by atoms with Crippen LogP contribution in [0.1, 0.15) is 29.4 Å². The highest BCUT2D eigenvalue weighted by Crippen LogP contribution is 2.30. The van der Waals surface area contributed by atoms with Crippen molar-refractivity contribution in [2.45, 2.75) is 32.7 Å². The fourth-order valence-electron chi connectivity index (χ4n) is 3.16. The number of aromatic nitrogens is 2. The van der Waals surface area contributed by atoms with Crippen LogP contribution in [0.25, 0.3) is 22.5 Å². The van der Waals surface area contributed by atoms with E-state index in [9.17, 15) is 4.79 Å². The van der Waals surface area contributed by atoms with E-state index in [0.717, 1.165) is 16.8 Å². The molecule has 0 aliphatic carbocycles. The van der Waals surface area contributed by atoms with Crippen LogP contribution in [-0.2, 0) is 9.53 Å². The number of carboxylic acid groups (broad SMARTS) is 1. The van der Waals surface area contributed by atoms with Crippen molar-refractivity contribution in [3.05, 3.63) is 66.9 Å². The molecule has 0 aliphatic heterocycles. The molecule has 0 aliphatic rings. The molecular weight excluding hydrogens is 390 g/mol. The van der Waals surface area contributed by atoms with E-state index >= 15 is 0 Å². The number of benzene rings is 2.